The van der Waals surface area contributed by atoms with Gasteiger partial charge in [-0.2, -0.15) is 0 Å². The van der Waals surface area contributed by atoms with Crippen LogP contribution < -0.4 is 15.4 Å². The molecular weight excluding hydrogens is 338 g/mol. The number of hydrogen-bond acceptors (Lipinski definition) is 4. The molecule has 1 unspecified atom stereocenters. The van der Waals surface area contributed by atoms with Crippen molar-refractivity contribution in [2.24, 2.45) is 4.99 Å². The van der Waals surface area contributed by atoms with Gasteiger partial charge in [0.25, 0.3) is 0 Å². The molecule has 0 saturated carbocycles. The van der Waals surface area contributed by atoms with Gasteiger partial charge in [-0.3, -0.25) is 4.99 Å². The molecule has 0 bridgehead atoms. The second-order valence-electron chi connectivity index (χ2n) is 7.06. The highest BCUT2D eigenvalue weighted by Gasteiger charge is 2.28. The van der Waals surface area contributed by atoms with Crippen molar-refractivity contribution in [3.05, 3.63) is 29.8 Å². The first kappa shape index (κ1) is 21.3. The molecule has 0 fully saturated rings. The summed E-state index contributed by atoms with van der Waals surface area (Å²) in [6.07, 6.45) is -0.0568. The largest absolute Gasteiger partial charge is 0.489 e. The number of ether oxygens (including phenoxy) is 1. The highest BCUT2D eigenvalue weighted by Crippen LogP contribution is 2.15. The molecule has 7 heteroatoms. The van der Waals surface area contributed by atoms with Crippen molar-refractivity contribution in [2.45, 2.75) is 45.5 Å². The summed E-state index contributed by atoms with van der Waals surface area (Å²) in [5.41, 5.74) is 1.15. The maximum Gasteiger partial charge on any atom is 0.191 e. The van der Waals surface area contributed by atoms with E-state index in [2.05, 4.69) is 15.6 Å². The monoisotopic (exact) mass is 369 g/mol. The SMILES string of the molecule is CN=C(NCCS(=O)(=O)C(C)(C)C)NCC(C)Oc1cccc(C)c1. The summed E-state index contributed by atoms with van der Waals surface area (Å²) in [5.74, 6) is 1.45. The third-order valence-corrected chi connectivity index (χ3v) is 6.31. The van der Waals surface area contributed by atoms with Crippen LogP contribution >= 0.6 is 0 Å². The number of benzene rings is 1. The van der Waals surface area contributed by atoms with Crippen LogP contribution in [-0.2, 0) is 9.84 Å². The molecule has 2 N–H and O–H groups in total. The van der Waals surface area contributed by atoms with Gasteiger partial charge in [0.2, 0.25) is 0 Å². The Balaban J connectivity index is 2.41. The van der Waals surface area contributed by atoms with E-state index in [9.17, 15) is 8.42 Å². The summed E-state index contributed by atoms with van der Waals surface area (Å²) in [5, 5.41) is 6.18. The Morgan fingerprint density at radius 3 is 2.52 bits per heavy atom. The maximum absolute atomic E-state index is 12.1. The number of sulfone groups is 1. The third kappa shape index (κ3) is 7.34. The van der Waals surface area contributed by atoms with Gasteiger partial charge in [0.1, 0.15) is 11.9 Å². The second-order valence-corrected chi connectivity index (χ2v) is 9.92. The average Bonchev–Trinajstić information content (AvgIpc) is 2.49. The minimum absolute atomic E-state index is 0.0568. The Morgan fingerprint density at radius 2 is 1.96 bits per heavy atom. The summed E-state index contributed by atoms with van der Waals surface area (Å²) in [7, 11) is -1.50. The first-order chi connectivity index (χ1) is 11.5. The lowest BCUT2D eigenvalue weighted by Crippen LogP contribution is -2.44. The number of rotatable bonds is 7. The molecule has 0 spiro atoms. The van der Waals surface area contributed by atoms with Crippen molar-refractivity contribution >= 4 is 15.8 Å². The third-order valence-electron chi connectivity index (χ3n) is 3.70. The zero-order chi connectivity index (χ0) is 19.1. The second kappa shape index (κ2) is 9.08. The molecule has 0 aliphatic carbocycles. The van der Waals surface area contributed by atoms with Gasteiger partial charge in [-0.25, -0.2) is 8.42 Å². The van der Waals surface area contributed by atoms with Gasteiger partial charge in [0, 0.05) is 13.6 Å². The van der Waals surface area contributed by atoms with E-state index in [1.807, 2.05) is 38.1 Å². The fourth-order valence-corrected chi connectivity index (χ4v) is 3.02. The number of guanidine groups is 1. The fourth-order valence-electron chi connectivity index (χ4n) is 2.03. The summed E-state index contributed by atoms with van der Waals surface area (Å²) in [4.78, 5) is 4.11. The van der Waals surface area contributed by atoms with Crippen LogP contribution in [0.25, 0.3) is 0 Å². The van der Waals surface area contributed by atoms with Gasteiger partial charge in [-0.05, 0) is 52.3 Å². The molecule has 0 aliphatic rings. The van der Waals surface area contributed by atoms with Crippen LogP contribution in [-0.4, -0.2) is 51.1 Å². The van der Waals surface area contributed by atoms with E-state index in [0.717, 1.165) is 11.3 Å². The van der Waals surface area contributed by atoms with Gasteiger partial charge in [0.05, 0.1) is 17.0 Å². The lowest BCUT2D eigenvalue weighted by molar-refractivity contribution is 0.223. The van der Waals surface area contributed by atoms with Gasteiger partial charge in [-0.15, -0.1) is 0 Å². The predicted octanol–water partition coefficient (Wildman–Crippen LogP) is 2.14. The topological polar surface area (TPSA) is 79.8 Å². The Labute approximate surface area is 152 Å². The zero-order valence-corrected chi connectivity index (χ0v) is 16.9. The van der Waals surface area contributed by atoms with E-state index in [0.29, 0.717) is 19.0 Å². The van der Waals surface area contributed by atoms with Crippen molar-refractivity contribution in [2.75, 3.05) is 25.9 Å². The van der Waals surface area contributed by atoms with Gasteiger partial charge >= 0.3 is 0 Å². The Bertz CT molecular complexity index is 679. The molecule has 25 heavy (non-hydrogen) atoms. The number of aliphatic imine (C=N–C) groups is 1. The molecule has 1 aromatic carbocycles. The molecule has 0 aromatic heterocycles. The first-order valence-electron chi connectivity index (χ1n) is 8.45. The van der Waals surface area contributed by atoms with Crippen LogP contribution in [0.4, 0.5) is 0 Å². The number of nitrogens with one attached hydrogen (secondary N) is 2. The maximum atomic E-state index is 12.1. The smallest absolute Gasteiger partial charge is 0.191 e. The van der Waals surface area contributed by atoms with Crippen LogP contribution in [0, 0.1) is 6.92 Å². The van der Waals surface area contributed by atoms with Crippen molar-refractivity contribution in [1.82, 2.24) is 10.6 Å². The van der Waals surface area contributed by atoms with E-state index in [-0.39, 0.29) is 11.9 Å². The molecule has 6 nitrogen and oxygen atoms in total. The van der Waals surface area contributed by atoms with E-state index >= 15 is 0 Å². The summed E-state index contributed by atoms with van der Waals surface area (Å²) in [6.45, 7) is 9.98. The van der Waals surface area contributed by atoms with Crippen molar-refractivity contribution < 1.29 is 13.2 Å². The van der Waals surface area contributed by atoms with Crippen molar-refractivity contribution in [3.8, 4) is 5.75 Å². The van der Waals surface area contributed by atoms with Crippen LogP contribution in [0.15, 0.2) is 29.3 Å². The van der Waals surface area contributed by atoms with Crippen molar-refractivity contribution in [1.29, 1.82) is 0 Å². The van der Waals surface area contributed by atoms with E-state index in [1.54, 1.807) is 27.8 Å². The Morgan fingerprint density at radius 1 is 1.28 bits per heavy atom. The van der Waals surface area contributed by atoms with Crippen LogP contribution in [0.2, 0.25) is 0 Å². The molecule has 0 radical (unpaired) electrons. The van der Waals surface area contributed by atoms with Crippen LogP contribution in [0.5, 0.6) is 5.75 Å². The molecule has 1 atom stereocenters. The highest BCUT2D eigenvalue weighted by molar-refractivity contribution is 7.92. The summed E-state index contributed by atoms with van der Waals surface area (Å²) >= 11 is 0. The normalized spacial score (nSPS) is 14.1. The predicted molar refractivity (Wildman–Crippen MR) is 104 cm³/mol. The van der Waals surface area contributed by atoms with Gasteiger partial charge in [0.15, 0.2) is 15.8 Å². The molecule has 0 heterocycles. The number of hydrogen-bond donors (Lipinski definition) is 2. The number of nitrogens with zero attached hydrogens (tertiary/aromatic N) is 1. The molecular formula is C18H31N3O3S. The van der Waals surface area contributed by atoms with Gasteiger partial charge in [-0.1, -0.05) is 12.1 Å². The zero-order valence-electron chi connectivity index (χ0n) is 16.1. The minimum atomic E-state index is -3.15. The minimum Gasteiger partial charge on any atom is -0.489 e. The first-order valence-corrected chi connectivity index (χ1v) is 10.1. The molecule has 0 aliphatic heterocycles. The lowest BCUT2D eigenvalue weighted by Gasteiger charge is -2.20. The quantitative estimate of drug-likeness (QED) is 0.569. The summed E-state index contributed by atoms with van der Waals surface area (Å²) < 4.78 is 29.3. The van der Waals surface area contributed by atoms with E-state index in [4.69, 9.17) is 4.74 Å². The summed E-state index contributed by atoms with van der Waals surface area (Å²) in [6, 6.07) is 7.89. The lowest BCUT2D eigenvalue weighted by atomic mass is 10.2. The Hall–Kier alpha value is -1.76. The highest BCUT2D eigenvalue weighted by atomic mass is 32.2. The van der Waals surface area contributed by atoms with Gasteiger partial charge < -0.3 is 15.4 Å². The molecule has 1 aromatic rings. The fraction of sp³-hybridized carbons (Fsp3) is 0.611. The van der Waals surface area contributed by atoms with Crippen LogP contribution in [0.3, 0.4) is 0 Å². The average molecular weight is 370 g/mol. The standard InChI is InChI=1S/C18H31N3O3S/c1-14-8-7-9-16(12-14)24-15(2)13-21-17(19-6)20-10-11-25(22,23)18(3,4)5/h7-9,12,15H,10-11,13H2,1-6H3,(H2,19,20,21). The molecule has 0 amide bonds. The molecule has 142 valence electrons. The molecule has 0 saturated heterocycles. The number of aryl methyl sites for hydroxylation is 1. The van der Waals surface area contributed by atoms with E-state index in [1.165, 1.54) is 0 Å². The van der Waals surface area contributed by atoms with E-state index < -0.39 is 14.6 Å². The Kier molecular flexibility index (Phi) is 7.73. The molecule has 1 rings (SSSR count). The van der Waals surface area contributed by atoms with Crippen molar-refractivity contribution in [3.63, 3.8) is 0 Å². The van der Waals surface area contributed by atoms with Crippen LogP contribution in [0.1, 0.15) is 33.3 Å².